The summed E-state index contributed by atoms with van der Waals surface area (Å²) >= 11 is 0. The van der Waals surface area contributed by atoms with Crippen molar-refractivity contribution in [3.8, 4) is 0 Å². The van der Waals surface area contributed by atoms with Crippen molar-refractivity contribution in [2.45, 2.75) is 37.0 Å². The van der Waals surface area contributed by atoms with Gasteiger partial charge in [-0.2, -0.15) is 0 Å². The molecule has 0 radical (unpaired) electrons. The second-order valence-electron chi connectivity index (χ2n) is 3.18. The Balaban J connectivity index is 2.85. The van der Waals surface area contributed by atoms with Crippen LogP contribution in [0.5, 0.6) is 0 Å². The van der Waals surface area contributed by atoms with Gasteiger partial charge in [0, 0.05) is 7.77 Å². The highest BCUT2D eigenvalue weighted by Crippen LogP contribution is 2.29. The van der Waals surface area contributed by atoms with Crippen molar-refractivity contribution in [1.82, 2.24) is 0 Å². The van der Waals surface area contributed by atoms with Gasteiger partial charge >= 0.3 is 5.97 Å². The average Bonchev–Trinajstić information content (AvgIpc) is 2.19. The lowest BCUT2D eigenvalue weighted by Crippen LogP contribution is -2.50. The molecule has 1 rings (SSSR count). The van der Waals surface area contributed by atoms with Crippen LogP contribution in [0, 0.1) is 0 Å². The second kappa shape index (κ2) is 3.61. The zero-order valence-corrected chi connectivity index (χ0v) is 7.30. The lowest BCUT2D eigenvalue weighted by molar-refractivity contribution is -0.175. The summed E-state index contributed by atoms with van der Waals surface area (Å²) in [6.07, 6.45) is -3.97. The molecule has 0 aliphatic heterocycles. The van der Waals surface area contributed by atoms with E-state index in [1.807, 2.05) is 0 Å². The van der Waals surface area contributed by atoms with Crippen LogP contribution in [0.3, 0.4) is 0 Å². The first-order chi connectivity index (χ1) is 6.43. The summed E-state index contributed by atoms with van der Waals surface area (Å²) in [5, 5.41) is 28.3. The Labute approximate surface area is 77.4 Å². The van der Waals surface area contributed by atoms with Gasteiger partial charge in [0.1, 0.15) is 0 Å². The van der Waals surface area contributed by atoms with E-state index in [0.29, 0.717) is 0 Å². The van der Waals surface area contributed by atoms with Gasteiger partial charge in [0.25, 0.3) is 0 Å². The van der Waals surface area contributed by atoms with Gasteiger partial charge in [0.05, 0.1) is 19.3 Å². The first kappa shape index (κ1) is 8.93. The molecule has 5 heteroatoms. The zero-order chi connectivity index (χ0) is 10.9. The zero-order valence-electron chi connectivity index (χ0n) is 8.30. The van der Waals surface area contributed by atoms with E-state index in [4.69, 9.17) is 1.37 Å². The predicted molar refractivity (Wildman–Crippen MR) is 42.8 cm³/mol. The first-order valence-corrected chi connectivity index (χ1v) is 4.02. The minimum Gasteiger partial charge on any atom is -0.467 e. The fourth-order valence-corrected chi connectivity index (χ4v) is 1.36. The van der Waals surface area contributed by atoms with Crippen LogP contribution in [0.25, 0.3) is 0 Å². The fraction of sp³-hybridized carbons (Fsp3) is 0.875. The summed E-state index contributed by atoms with van der Waals surface area (Å²) in [6.45, 7) is 0. The van der Waals surface area contributed by atoms with Crippen LogP contribution in [0.4, 0.5) is 0 Å². The molecule has 1 fully saturated rings. The molecule has 3 N–H and O–H groups in total. The van der Waals surface area contributed by atoms with Crippen LogP contribution in [-0.2, 0) is 9.53 Å². The fourth-order valence-electron chi connectivity index (χ4n) is 1.36. The Hall–Kier alpha value is -0.650. The van der Waals surface area contributed by atoms with Gasteiger partial charge in [-0.25, -0.2) is 4.79 Å². The monoisotopic (exact) mass is 191 g/mol. The highest BCUT2D eigenvalue weighted by atomic mass is 16.5. The highest BCUT2D eigenvalue weighted by Gasteiger charge is 2.44. The second-order valence-corrected chi connectivity index (χ2v) is 3.18. The summed E-state index contributed by atoms with van der Waals surface area (Å²) in [6, 6.07) is 0. The largest absolute Gasteiger partial charge is 0.467 e. The Morgan fingerprint density at radius 2 is 2.23 bits per heavy atom. The molecule has 76 valence electrons. The Morgan fingerprint density at radius 1 is 1.62 bits per heavy atom. The molecule has 0 amide bonds. The number of aliphatic hydroxyl groups is 3. The smallest absolute Gasteiger partial charge is 0.337 e. The number of esters is 1. The minimum absolute atomic E-state index is 0.0716. The van der Waals surface area contributed by atoms with E-state index >= 15 is 0 Å². The van der Waals surface area contributed by atoms with Gasteiger partial charge in [-0.05, 0) is 12.8 Å². The van der Waals surface area contributed by atoms with Crippen molar-refractivity contribution in [3.63, 3.8) is 0 Å². The van der Waals surface area contributed by atoms with Crippen LogP contribution >= 0.6 is 0 Å². The molecule has 5 nitrogen and oxygen atoms in total. The molecule has 1 aliphatic carbocycles. The van der Waals surface area contributed by atoms with Crippen molar-refractivity contribution >= 4 is 5.97 Å². The average molecular weight is 191 g/mol. The summed E-state index contributed by atoms with van der Waals surface area (Å²) in [4.78, 5) is 11.2. The number of carbonyl (C=O) groups is 1. The molecule has 0 aromatic rings. The van der Waals surface area contributed by atoms with Crippen molar-refractivity contribution in [1.29, 1.82) is 0 Å². The maximum absolute atomic E-state index is 11.2. The SMILES string of the molecule is [2H][C@H]1[C@H](O)[C@H](O)CC[C@@]1(O)C(=O)OC. The third kappa shape index (κ3) is 1.99. The number of hydrogen-bond donors (Lipinski definition) is 3. The third-order valence-electron chi connectivity index (χ3n) is 2.20. The molecular weight excluding hydrogens is 176 g/mol. The molecule has 0 heterocycles. The highest BCUT2D eigenvalue weighted by molar-refractivity contribution is 5.79. The molecule has 4 atom stereocenters. The van der Waals surface area contributed by atoms with Crippen molar-refractivity contribution in [2.75, 3.05) is 7.11 Å². The number of ether oxygens (including phenoxy) is 1. The summed E-state index contributed by atoms with van der Waals surface area (Å²) in [7, 11) is 1.10. The van der Waals surface area contributed by atoms with Crippen LogP contribution in [-0.4, -0.2) is 46.2 Å². The van der Waals surface area contributed by atoms with Gasteiger partial charge in [-0.1, -0.05) is 0 Å². The van der Waals surface area contributed by atoms with Crippen LogP contribution in [0.1, 0.15) is 20.6 Å². The molecule has 1 saturated carbocycles. The van der Waals surface area contributed by atoms with Crippen LogP contribution in [0.15, 0.2) is 0 Å². The quantitative estimate of drug-likeness (QED) is 0.453. The Bertz CT molecular complexity index is 234. The molecular formula is C8H14O5. The van der Waals surface area contributed by atoms with E-state index in [9.17, 15) is 20.1 Å². The molecule has 0 aromatic carbocycles. The molecule has 0 aromatic heterocycles. The summed E-state index contributed by atoms with van der Waals surface area (Å²) in [5.41, 5.74) is -2.01. The van der Waals surface area contributed by atoms with E-state index in [-0.39, 0.29) is 12.8 Å². The summed E-state index contributed by atoms with van der Waals surface area (Å²) < 4.78 is 11.8. The number of methoxy groups -OCH3 is 1. The molecule has 0 saturated heterocycles. The van der Waals surface area contributed by atoms with Gasteiger partial charge < -0.3 is 20.1 Å². The van der Waals surface area contributed by atoms with Gasteiger partial charge in [0.15, 0.2) is 5.60 Å². The van der Waals surface area contributed by atoms with E-state index in [0.717, 1.165) is 7.11 Å². The maximum atomic E-state index is 11.2. The number of carbonyl (C=O) groups excluding carboxylic acids is 1. The standard InChI is InChI=1S/C8H14O5/c1-13-7(11)8(12)3-2-5(9)6(10)4-8/h5-6,9-10,12H,2-4H2,1H3/t5-,6+,8+/m1/s1/i4D/t4-,5+,6-,8-/m0. The van der Waals surface area contributed by atoms with Crippen LogP contribution in [0.2, 0.25) is 0 Å². The molecule has 0 unspecified atom stereocenters. The number of aliphatic hydroxyl groups excluding tert-OH is 2. The van der Waals surface area contributed by atoms with E-state index in [1.165, 1.54) is 0 Å². The maximum Gasteiger partial charge on any atom is 0.337 e. The topological polar surface area (TPSA) is 87.0 Å². The number of rotatable bonds is 1. The van der Waals surface area contributed by atoms with E-state index in [2.05, 4.69) is 4.74 Å². The van der Waals surface area contributed by atoms with Crippen molar-refractivity contribution in [2.24, 2.45) is 0 Å². The van der Waals surface area contributed by atoms with Gasteiger partial charge in [0.2, 0.25) is 0 Å². The number of hydrogen-bond acceptors (Lipinski definition) is 5. The van der Waals surface area contributed by atoms with Crippen LogP contribution < -0.4 is 0 Å². The third-order valence-corrected chi connectivity index (χ3v) is 2.20. The molecule has 13 heavy (non-hydrogen) atoms. The van der Waals surface area contributed by atoms with Crippen molar-refractivity contribution < 1.29 is 26.2 Å². The van der Waals surface area contributed by atoms with E-state index in [1.54, 1.807) is 0 Å². The lowest BCUT2D eigenvalue weighted by atomic mass is 9.81. The first-order valence-electron chi connectivity index (χ1n) is 4.60. The molecule has 0 bridgehead atoms. The van der Waals surface area contributed by atoms with E-state index < -0.39 is 30.2 Å². The minimum atomic E-state index is -2.01. The summed E-state index contributed by atoms with van der Waals surface area (Å²) in [5.74, 6) is -0.941. The predicted octanol–water partition coefficient (Wildman–Crippen LogP) is -1.20. The van der Waals surface area contributed by atoms with Crippen molar-refractivity contribution in [3.05, 3.63) is 0 Å². The van der Waals surface area contributed by atoms with Gasteiger partial charge in [-0.15, -0.1) is 0 Å². The Morgan fingerprint density at radius 3 is 2.77 bits per heavy atom. The van der Waals surface area contributed by atoms with Gasteiger partial charge in [-0.3, -0.25) is 0 Å². The lowest BCUT2D eigenvalue weighted by Gasteiger charge is -2.34. The Kier molecular flexibility index (Phi) is 2.48. The molecule has 0 spiro atoms. The normalized spacial score (nSPS) is 46.8. The molecule has 1 aliphatic rings.